The molecule has 2 heterocycles. The van der Waals surface area contributed by atoms with Gasteiger partial charge in [0.2, 0.25) is 0 Å². The molecular formula is C8H9IN4. The topological polar surface area (TPSA) is 43.1 Å². The van der Waals surface area contributed by atoms with Gasteiger partial charge in [-0.3, -0.25) is 0 Å². The van der Waals surface area contributed by atoms with E-state index in [4.69, 9.17) is 0 Å². The molecule has 68 valence electrons. The second-order valence-electron chi connectivity index (χ2n) is 2.81. The first-order valence-electron chi connectivity index (χ1n) is 4.09. The van der Waals surface area contributed by atoms with E-state index in [2.05, 4.69) is 37.7 Å². The summed E-state index contributed by atoms with van der Waals surface area (Å²) in [6, 6.07) is 1.99. The number of fused-ring (bicyclic) bond motifs is 1. The van der Waals surface area contributed by atoms with E-state index in [-0.39, 0.29) is 0 Å². The van der Waals surface area contributed by atoms with Gasteiger partial charge >= 0.3 is 0 Å². The predicted octanol–water partition coefficient (Wildman–Crippen LogP) is 1.60. The number of nitrogens with zero attached hydrogens (tertiary/aromatic N) is 4. The van der Waals surface area contributed by atoms with Gasteiger partial charge in [-0.2, -0.15) is 9.50 Å². The normalized spacial score (nSPS) is 11.0. The third-order valence-electron chi connectivity index (χ3n) is 1.76. The lowest BCUT2D eigenvalue weighted by atomic mass is 10.5. The highest BCUT2D eigenvalue weighted by molar-refractivity contribution is 14.1. The van der Waals surface area contributed by atoms with Crippen molar-refractivity contribution in [2.75, 3.05) is 0 Å². The van der Waals surface area contributed by atoms with Gasteiger partial charge in [0.05, 0.1) is 0 Å². The lowest BCUT2D eigenvalue weighted by Crippen LogP contribution is -1.97. The highest BCUT2D eigenvalue weighted by atomic mass is 127. The van der Waals surface area contributed by atoms with Crippen LogP contribution in [0.4, 0.5) is 0 Å². The minimum atomic E-state index is 0.696. The molecule has 0 saturated carbocycles. The van der Waals surface area contributed by atoms with Crippen LogP contribution in [0.15, 0.2) is 6.07 Å². The van der Waals surface area contributed by atoms with Crippen LogP contribution in [0.5, 0.6) is 0 Å². The first-order chi connectivity index (χ1) is 6.20. The van der Waals surface area contributed by atoms with Crippen molar-refractivity contribution in [3.63, 3.8) is 0 Å². The number of hydrogen-bond acceptors (Lipinski definition) is 3. The lowest BCUT2D eigenvalue weighted by Gasteiger charge is -1.95. The Morgan fingerprint density at radius 3 is 2.92 bits per heavy atom. The lowest BCUT2D eigenvalue weighted by molar-refractivity contribution is 0.857. The third kappa shape index (κ3) is 1.52. The molecule has 0 saturated heterocycles. The number of aromatic nitrogens is 4. The summed E-state index contributed by atoms with van der Waals surface area (Å²) in [7, 11) is 0. The Morgan fingerprint density at radius 1 is 1.46 bits per heavy atom. The van der Waals surface area contributed by atoms with Crippen LogP contribution >= 0.6 is 22.6 Å². The van der Waals surface area contributed by atoms with Gasteiger partial charge in [0.1, 0.15) is 3.70 Å². The van der Waals surface area contributed by atoms with Crippen molar-refractivity contribution in [1.82, 2.24) is 19.6 Å². The zero-order chi connectivity index (χ0) is 9.42. The molecule has 0 fully saturated rings. The first kappa shape index (κ1) is 8.86. The molecule has 0 aliphatic carbocycles. The molecule has 0 bridgehead atoms. The fourth-order valence-corrected chi connectivity index (χ4v) is 1.91. The fourth-order valence-electron chi connectivity index (χ4n) is 1.13. The van der Waals surface area contributed by atoms with Gasteiger partial charge in [-0.15, -0.1) is 5.10 Å². The van der Waals surface area contributed by atoms with E-state index < -0.39 is 0 Å². The third-order valence-corrected chi connectivity index (χ3v) is 2.53. The van der Waals surface area contributed by atoms with Gasteiger partial charge < -0.3 is 0 Å². The molecule has 0 unspecified atom stereocenters. The van der Waals surface area contributed by atoms with E-state index in [9.17, 15) is 0 Å². The van der Waals surface area contributed by atoms with Crippen molar-refractivity contribution in [3.05, 3.63) is 21.3 Å². The van der Waals surface area contributed by atoms with Crippen LogP contribution < -0.4 is 0 Å². The molecule has 0 radical (unpaired) electrons. The van der Waals surface area contributed by atoms with Gasteiger partial charge in [0.15, 0.2) is 5.82 Å². The molecule has 4 nitrogen and oxygen atoms in total. The van der Waals surface area contributed by atoms with Crippen molar-refractivity contribution in [2.24, 2.45) is 0 Å². The molecule has 0 aliphatic heterocycles. The Bertz CT molecular complexity index is 449. The van der Waals surface area contributed by atoms with Crippen LogP contribution in [0.25, 0.3) is 5.78 Å². The van der Waals surface area contributed by atoms with E-state index in [0.717, 1.165) is 21.6 Å². The van der Waals surface area contributed by atoms with Crippen molar-refractivity contribution in [1.29, 1.82) is 0 Å². The highest BCUT2D eigenvalue weighted by Gasteiger charge is 2.05. The molecule has 2 aromatic rings. The molecule has 0 spiro atoms. The number of rotatable bonds is 1. The highest BCUT2D eigenvalue weighted by Crippen LogP contribution is 2.08. The number of hydrogen-bond donors (Lipinski definition) is 0. The van der Waals surface area contributed by atoms with Crippen LogP contribution in [0.1, 0.15) is 18.4 Å². The van der Waals surface area contributed by atoms with Crippen molar-refractivity contribution in [2.45, 2.75) is 20.3 Å². The van der Waals surface area contributed by atoms with Gasteiger partial charge in [-0.05, 0) is 35.6 Å². The molecule has 0 aliphatic rings. The molecule has 2 aromatic heterocycles. The van der Waals surface area contributed by atoms with Crippen molar-refractivity contribution in [3.8, 4) is 0 Å². The predicted molar refractivity (Wildman–Crippen MR) is 57.6 cm³/mol. The fraction of sp³-hybridized carbons (Fsp3) is 0.375. The summed E-state index contributed by atoms with van der Waals surface area (Å²) in [5.41, 5.74) is 0.979. The van der Waals surface area contributed by atoms with E-state index in [1.54, 1.807) is 4.52 Å². The van der Waals surface area contributed by atoms with Crippen LogP contribution in [0, 0.1) is 10.6 Å². The molecule has 0 N–H and O–H groups in total. The minimum Gasteiger partial charge on any atom is -0.216 e. The maximum atomic E-state index is 4.31. The first-order valence-corrected chi connectivity index (χ1v) is 5.17. The Labute approximate surface area is 89.5 Å². The monoisotopic (exact) mass is 288 g/mol. The Morgan fingerprint density at radius 2 is 2.23 bits per heavy atom. The van der Waals surface area contributed by atoms with Gasteiger partial charge in [-0.1, -0.05) is 6.92 Å². The van der Waals surface area contributed by atoms with E-state index >= 15 is 0 Å². The summed E-state index contributed by atoms with van der Waals surface area (Å²) in [5.74, 6) is 1.54. The summed E-state index contributed by atoms with van der Waals surface area (Å²) in [6.07, 6.45) is 0.846. The molecule has 2 rings (SSSR count). The smallest absolute Gasteiger partial charge is 0.216 e. The van der Waals surface area contributed by atoms with Crippen molar-refractivity contribution < 1.29 is 0 Å². The molecule has 5 heteroatoms. The average Bonchev–Trinajstić information content (AvgIpc) is 2.47. The summed E-state index contributed by atoms with van der Waals surface area (Å²) >= 11 is 2.23. The summed E-state index contributed by atoms with van der Waals surface area (Å²) in [5, 5.41) is 4.31. The summed E-state index contributed by atoms with van der Waals surface area (Å²) in [6.45, 7) is 4.00. The van der Waals surface area contributed by atoms with E-state index in [0.29, 0.717) is 5.78 Å². The Balaban J connectivity index is 2.75. The summed E-state index contributed by atoms with van der Waals surface area (Å²) in [4.78, 5) is 8.58. The standard InChI is InChI=1S/C8H9IN4/c1-3-7-11-8-10-5(2)4-6(9)13(8)12-7/h4H,3H2,1-2H3. The SMILES string of the molecule is CCc1nc2nc(C)cc(I)n2n1. The quantitative estimate of drug-likeness (QED) is 0.591. The number of aryl methyl sites for hydroxylation is 2. The van der Waals surface area contributed by atoms with E-state index in [1.165, 1.54) is 0 Å². The van der Waals surface area contributed by atoms with Crippen LogP contribution in [0.3, 0.4) is 0 Å². The molecule has 0 amide bonds. The van der Waals surface area contributed by atoms with Crippen molar-refractivity contribution >= 4 is 28.4 Å². The Kier molecular flexibility index (Phi) is 2.19. The van der Waals surface area contributed by atoms with Crippen LogP contribution in [-0.4, -0.2) is 19.6 Å². The zero-order valence-electron chi connectivity index (χ0n) is 7.45. The van der Waals surface area contributed by atoms with Gasteiger partial charge in [0, 0.05) is 12.1 Å². The Hall–Kier alpha value is -0.720. The molecule has 0 aromatic carbocycles. The second-order valence-corrected chi connectivity index (χ2v) is 3.92. The average molecular weight is 288 g/mol. The molecule has 13 heavy (non-hydrogen) atoms. The van der Waals surface area contributed by atoms with Gasteiger partial charge in [0.25, 0.3) is 5.78 Å². The van der Waals surface area contributed by atoms with E-state index in [1.807, 2.05) is 19.9 Å². The maximum Gasteiger partial charge on any atom is 0.253 e. The molecular weight excluding hydrogens is 279 g/mol. The minimum absolute atomic E-state index is 0.696. The van der Waals surface area contributed by atoms with Crippen LogP contribution in [-0.2, 0) is 6.42 Å². The number of halogens is 1. The van der Waals surface area contributed by atoms with Crippen LogP contribution in [0.2, 0.25) is 0 Å². The maximum absolute atomic E-state index is 4.31. The van der Waals surface area contributed by atoms with Gasteiger partial charge in [-0.25, -0.2) is 4.98 Å². The molecule has 0 atom stereocenters. The second kappa shape index (κ2) is 3.21. The summed E-state index contributed by atoms with van der Waals surface area (Å²) < 4.78 is 2.82. The largest absolute Gasteiger partial charge is 0.253 e. The zero-order valence-corrected chi connectivity index (χ0v) is 9.61.